The number of rotatable bonds is 7. The summed E-state index contributed by atoms with van der Waals surface area (Å²) in [6.07, 6.45) is 3.20. The summed E-state index contributed by atoms with van der Waals surface area (Å²) in [6, 6.07) is 16.6. The first-order chi connectivity index (χ1) is 15.0. The number of para-hydroxylation sites is 2. The Bertz CT molecular complexity index is 1210. The molecule has 6 nitrogen and oxygen atoms in total. The number of halogens is 1. The molecule has 2 aromatic carbocycles. The van der Waals surface area contributed by atoms with Gasteiger partial charge in [0.1, 0.15) is 18.2 Å². The Kier molecular flexibility index (Phi) is 6.18. The Morgan fingerprint density at radius 3 is 2.71 bits per heavy atom. The molecule has 7 heteroatoms. The number of hydrogen-bond donors (Lipinski definition) is 1. The van der Waals surface area contributed by atoms with Crippen molar-refractivity contribution in [2.45, 2.75) is 26.4 Å². The summed E-state index contributed by atoms with van der Waals surface area (Å²) in [4.78, 5) is 21.3. The van der Waals surface area contributed by atoms with Crippen LogP contribution in [0.25, 0.3) is 11.0 Å². The molecule has 0 aliphatic heterocycles. The van der Waals surface area contributed by atoms with Crippen molar-refractivity contribution in [1.29, 1.82) is 0 Å². The first-order valence-electron chi connectivity index (χ1n) is 10.1. The highest BCUT2D eigenvalue weighted by Crippen LogP contribution is 2.23. The Balaban J connectivity index is 1.53. The molecule has 2 aromatic heterocycles. The smallest absolute Gasteiger partial charge is 0.251 e. The zero-order valence-electron chi connectivity index (χ0n) is 17.4. The lowest BCUT2D eigenvalue weighted by Crippen LogP contribution is -2.29. The number of benzene rings is 2. The van der Waals surface area contributed by atoms with Gasteiger partial charge in [0.15, 0.2) is 0 Å². The number of amides is 1. The van der Waals surface area contributed by atoms with E-state index in [1.807, 2.05) is 56.3 Å². The largest absolute Gasteiger partial charge is 0.492 e. The van der Waals surface area contributed by atoms with Gasteiger partial charge in [-0.1, -0.05) is 23.7 Å². The van der Waals surface area contributed by atoms with Crippen molar-refractivity contribution in [3.63, 3.8) is 0 Å². The van der Waals surface area contributed by atoms with Crippen LogP contribution in [-0.2, 0) is 6.54 Å². The molecule has 1 amide bonds. The van der Waals surface area contributed by atoms with Crippen molar-refractivity contribution >= 4 is 28.5 Å². The second-order valence-corrected chi connectivity index (χ2v) is 7.71. The predicted octanol–water partition coefficient (Wildman–Crippen LogP) is 4.96. The molecule has 2 heterocycles. The fourth-order valence-corrected chi connectivity index (χ4v) is 3.59. The quantitative estimate of drug-likeness (QED) is 0.446. The predicted molar refractivity (Wildman–Crippen MR) is 122 cm³/mol. The molecule has 0 aliphatic rings. The highest BCUT2D eigenvalue weighted by atomic mass is 35.5. The minimum Gasteiger partial charge on any atom is -0.492 e. The summed E-state index contributed by atoms with van der Waals surface area (Å²) in [5.74, 6) is 1.38. The number of pyridine rings is 1. The lowest BCUT2D eigenvalue weighted by atomic mass is 10.2. The molecule has 31 heavy (non-hydrogen) atoms. The molecule has 1 N–H and O–H groups in total. The number of aromatic nitrogens is 3. The van der Waals surface area contributed by atoms with Gasteiger partial charge in [-0.15, -0.1) is 0 Å². The number of aryl methyl sites for hydroxylation is 1. The van der Waals surface area contributed by atoms with E-state index in [4.69, 9.17) is 21.3 Å². The van der Waals surface area contributed by atoms with Crippen molar-refractivity contribution in [2.75, 3.05) is 6.61 Å². The second kappa shape index (κ2) is 9.18. The summed E-state index contributed by atoms with van der Waals surface area (Å²) in [5, 5.41) is 3.75. The van der Waals surface area contributed by atoms with E-state index in [0.717, 1.165) is 28.2 Å². The molecular formula is C24H23ClN4O2. The molecule has 0 radical (unpaired) electrons. The summed E-state index contributed by atoms with van der Waals surface area (Å²) in [6.45, 7) is 4.93. The highest BCUT2D eigenvalue weighted by molar-refractivity contribution is 6.31. The van der Waals surface area contributed by atoms with Crippen LogP contribution in [-0.4, -0.2) is 27.0 Å². The van der Waals surface area contributed by atoms with E-state index < -0.39 is 0 Å². The van der Waals surface area contributed by atoms with E-state index in [9.17, 15) is 4.79 Å². The topological polar surface area (TPSA) is 69.0 Å². The number of carbonyl (C=O) groups excluding carboxylic acids is 1. The van der Waals surface area contributed by atoms with E-state index in [-0.39, 0.29) is 11.9 Å². The van der Waals surface area contributed by atoms with Crippen LogP contribution in [0, 0.1) is 6.92 Å². The van der Waals surface area contributed by atoms with E-state index >= 15 is 0 Å². The van der Waals surface area contributed by atoms with E-state index in [1.54, 1.807) is 24.5 Å². The lowest BCUT2D eigenvalue weighted by Gasteiger charge is -2.17. The standard InChI is InChI=1S/C24H23ClN4O2/c1-16-15-19(7-8-20(16)25)31-14-13-29-22-6-4-3-5-21(22)28-23(29)17(2)27-24(30)18-9-11-26-12-10-18/h3-12,15,17H,13-14H2,1-2H3,(H,27,30). The molecule has 1 unspecified atom stereocenters. The number of carbonyl (C=O) groups is 1. The van der Waals surface area contributed by atoms with Crippen LogP contribution in [0.5, 0.6) is 5.75 Å². The van der Waals surface area contributed by atoms with E-state index in [2.05, 4.69) is 14.9 Å². The minimum atomic E-state index is -0.286. The zero-order valence-corrected chi connectivity index (χ0v) is 18.1. The fourth-order valence-electron chi connectivity index (χ4n) is 3.47. The van der Waals surface area contributed by atoms with Gasteiger partial charge in [0.25, 0.3) is 5.91 Å². The molecule has 0 bridgehead atoms. The first-order valence-corrected chi connectivity index (χ1v) is 10.5. The van der Waals surface area contributed by atoms with E-state index in [0.29, 0.717) is 23.7 Å². The van der Waals surface area contributed by atoms with Crippen molar-refractivity contribution in [3.05, 3.63) is 89.0 Å². The van der Waals surface area contributed by atoms with Gasteiger partial charge in [-0.25, -0.2) is 4.98 Å². The molecule has 0 saturated heterocycles. The van der Waals surface area contributed by atoms with Gasteiger partial charge in [0.2, 0.25) is 0 Å². The van der Waals surface area contributed by atoms with Gasteiger partial charge in [-0.05, 0) is 61.9 Å². The summed E-state index contributed by atoms with van der Waals surface area (Å²) >= 11 is 6.10. The Morgan fingerprint density at radius 2 is 1.94 bits per heavy atom. The number of imidazole rings is 1. The number of nitrogens with zero attached hydrogens (tertiary/aromatic N) is 3. The molecule has 4 aromatic rings. The Morgan fingerprint density at radius 1 is 1.16 bits per heavy atom. The SMILES string of the molecule is Cc1cc(OCCn2c(C(C)NC(=O)c3ccncc3)nc3ccccc32)ccc1Cl. The Hall–Kier alpha value is -3.38. The van der Waals surface area contributed by atoms with Gasteiger partial charge < -0.3 is 14.6 Å². The number of ether oxygens (including phenoxy) is 1. The molecular weight excluding hydrogens is 412 g/mol. The minimum absolute atomic E-state index is 0.165. The van der Waals surface area contributed by atoms with Crippen LogP contribution in [0.2, 0.25) is 5.02 Å². The van der Waals surface area contributed by atoms with Crippen LogP contribution < -0.4 is 10.1 Å². The zero-order chi connectivity index (χ0) is 21.8. The maximum Gasteiger partial charge on any atom is 0.251 e. The maximum absolute atomic E-state index is 12.6. The molecule has 0 saturated carbocycles. The van der Waals surface area contributed by atoms with Crippen LogP contribution >= 0.6 is 11.6 Å². The number of hydrogen-bond acceptors (Lipinski definition) is 4. The van der Waals surface area contributed by atoms with Crippen molar-refractivity contribution in [3.8, 4) is 5.75 Å². The highest BCUT2D eigenvalue weighted by Gasteiger charge is 2.19. The number of fused-ring (bicyclic) bond motifs is 1. The number of nitrogens with one attached hydrogen (secondary N) is 1. The summed E-state index contributed by atoms with van der Waals surface area (Å²) in [7, 11) is 0. The van der Waals surface area contributed by atoms with Crippen LogP contribution in [0.15, 0.2) is 67.0 Å². The monoisotopic (exact) mass is 434 g/mol. The summed E-state index contributed by atoms with van der Waals surface area (Å²) in [5.41, 5.74) is 3.41. The third-order valence-electron chi connectivity index (χ3n) is 5.07. The molecule has 1 atom stereocenters. The van der Waals surface area contributed by atoms with Gasteiger partial charge in [0, 0.05) is 23.0 Å². The fraction of sp³-hybridized carbons (Fsp3) is 0.208. The average molecular weight is 435 g/mol. The molecule has 0 fully saturated rings. The normalized spacial score (nSPS) is 12.0. The molecule has 0 spiro atoms. The molecule has 158 valence electrons. The van der Waals surface area contributed by atoms with Crippen molar-refractivity contribution in [1.82, 2.24) is 19.9 Å². The van der Waals surface area contributed by atoms with Crippen molar-refractivity contribution in [2.24, 2.45) is 0 Å². The van der Waals surface area contributed by atoms with Gasteiger partial charge in [-0.2, -0.15) is 0 Å². The van der Waals surface area contributed by atoms with Crippen LogP contribution in [0.1, 0.15) is 34.7 Å². The van der Waals surface area contributed by atoms with Crippen LogP contribution in [0.4, 0.5) is 0 Å². The van der Waals surface area contributed by atoms with Crippen molar-refractivity contribution < 1.29 is 9.53 Å². The third-order valence-corrected chi connectivity index (χ3v) is 5.50. The Labute approximate surface area is 185 Å². The first kappa shape index (κ1) is 20.9. The van der Waals surface area contributed by atoms with E-state index in [1.165, 1.54) is 0 Å². The summed E-state index contributed by atoms with van der Waals surface area (Å²) < 4.78 is 8.04. The van der Waals surface area contributed by atoms with Gasteiger partial charge >= 0.3 is 0 Å². The molecule has 0 aliphatic carbocycles. The second-order valence-electron chi connectivity index (χ2n) is 7.30. The maximum atomic E-state index is 12.6. The van der Waals surface area contributed by atoms with Gasteiger partial charge in [0.05, 0.1) is 23.6 Å². The molecule has 4 rings (SSSR count). The van der Waals surface area contributed by atoms with Gasteiger partial charge in [-0.3, -0.25) is 9.78 Å². The third kappa shape index (κ3) is 4.70. The average Bonchev–Trinajstić information content (AvgIpc) is 3.15. The lowest BCUT2D eigenvalue weighted by molar-refractivity contribution is 0.0937. The van der Waals surface area contributed by atoms with Crippen LogP contribution in [0.3, 0.4) is 0 Å².